The van der Waals surface area contributed by atoms with Crippen LogP contribution in [0.1, 0.15) is 30.5 Å². The van der Waals surface area contributed by atoms with Gasteiger partial charge in [0.25, 0.3) is 0 Å². The third kappa shape index (κ3) is 4.53. The molecule has 1 heterocycles. The van der Waals surface area contributed by atoms with Gasteiger partial charge in [-0.1, -0.05) is 6.92 Å². The first kappa shape index (κ1) is 12.3. The number of rotatable bonds is 6. The molecule has 1 aromatic rings. The van der Waals surface area contributed by atoms with E-state index >= 15 is 0 Å². The Hall–Kier alpha value is -0.740. The molecule has 0 fully saturated rings. The van der Waals surface area contributed by atoms with Crippen molar-refractivity contribution in [3.63, 3.8) is 0 Å². The second kappa shape index (κ2) is 5.98. The average molecular weight is 226 g/mol. The summed E-state index contributed by atoms with van der Waals surface area (Å²) in [5.41, 5.74) is 6.40. The van der Waals surface area contributed by atoms with Crippen molar-refractivity contribution in [1.29, 1.82) is 0 Å². The summed E-state index contributed by atoms with van der Waals surface area (Å²) in [5, 5.41) is 2.98. The quantitative estimate of drug-likeness (QED) is 0.806. The van der Waals surface area contributed by atoms with E-state index in [1.165, 1.54) is 0 Å². The molecule has 2 N–H and O–H groups in total. The number of ketones is 1. The normalized spacial score (nSPS) is 12.7. The molecule has 0 saturated carbocycles. The Morgan fingerprint density at radius 2 is 2.40 bits per heavy atom. The molecule has 0 aromatic carbocycles. The van der Waals surface area contributed by atoms with Gasteiger partial charge in [0.05, 0.1) is 10.7 Å². The molecule has 1 unspecified atom stereocenters. The molecule has 84 valence electrons. The van der Waals surface area contributed by atoms with Crippen molar-refractivity contribution < 1.29 is 4.79 Å². The van der Waals surface area contributed by atoms with Gasteiger partial charge in [0.15, 0.2) is 0 Å². The van der Waals surface area contributed by atoms with Gasteiger partial charge in [0, 0.05) is 18.2 Å². The number of carbonyl (C=O) groups is 1. The van der Waals surface area contributed by atoms with Crippen LogP contribution in [-0.2, 0) is 11.2 Å². The maximum Gasteiger partial charge on any atom is 0.138 e. The Labute approximate surface area is 94.7 Å². The molecule has 1 atom stereocenters. The maximum absolute atomic E-state index is 11.6. The lowest BCUT2D eigenvalue weighted by molar-refractivity contribution is -0.118. The summed E-state index contributed by atoms with van der Waals surface area (Å²) in [4.78, 5) is 15.8. The lowest BCUT2D eigenvalue weighted by atomic mass is 10.0. The van der Waals surface area contributed by atoms with Crippen LogP contribution in [0.4, 0.5) is 0 Å². The van der Waals surface area contributed by atoms with Gasteiger partial charge in [-0.25, -0.2) is 4.98 Å². The van der Waals surface area contributed by atoms with Crippen molar-refractivity contribution >= 4 is 17.1 Å². The monoisotopic (exact) mass is 226 g/mol. The van der Waals surface area contributed by atoms with E-state index in [0.29, 0.717) is 25.3 Å². The van der Waals surface area contributed by atoms with Crippen LogP contribution >= 0.6 is 11.3 Å². The Kier molecular flexibility index (Phi) is 4.91. The highest BCUT2D eigenvalue weighted by Crippen LogP contribution is 2.11. The summed E-state index contributed by atoms with van der Waals surface area (Å²) >= 11 is 1.59. The van der Waals surface area contributed by atoms with Crippen molar-refractivity contribution in [1.82, 2.24) is 4.98 Å². The summed E-state index contributed by atoms with van der Waals surface area (Å²) < 4.78 is 0. The number of aryl methyl sites for hydroxylation is 1. The molecule has 0 bridgehead atoms. The highest BCUT2D eigenvalue weighted by molar-refractivity contribution is 7.09. The first-order chi connectivity index (χ1) is 7.11. The molecule has 0 radical (unpaired) electrons. The second-order valence-electron chi connectivity index (χ2n) is 3.95. The first-order valence-electron chi connectivity index (χ1n) is 5.24. The number of hydrogen-bond acceptors (Lipinski definition) is 4. The highest BCUT2D eigenvalue weighted by atomic mass is 32.1. The zero-order valence-corrected chi connectivity index (χ0v) is 10.1. The minimum Gasteiger partial charge on any atom is -0.330 e. The van der Waals surface area contributed by atoms with E-state index in [0.717, 1.165) is 17.1 Å². The number of nitrogens with two attached hydrogens (primary N) is 1. The predicted octanol–water partition coefficient (Wildman–Crippen LogP) is 1.94. The number of Topliss-reactive ketones (excluding diaryl/α,β-unsaturated/α-hetero) is 1. The van der Waals surface area contributed by atoms with Gasteiger partial charge in [0.1, 0.15) is 5.78 Å². The Bertz CT molecular complexity index is 322. The lowest BCUT2D eigenvalue weighted by Crippen LogP contribution is -2.13. The third-order valence-electron chi connectivity index (χ3n) is 2.36. The van der Waals surface area contributed by atoms with Gasteiger partial charge in [-0.15, -0.1) is 11.3 Å². The molecule has 3 nitrogen and oxygen atoms in total. The van der Waals surface area contributed by atoms with Crippen LogP contribution in [0.3, 0.4) is 0 Å². The molecule has 0 saturated heterocycles. The molecule has 0 aliphatic heterocycles. The molecule has 0 aliphatic rings. The van der Waals surface area contributed by atoms with Crippen LogP contribution in [0, 0.1) is 12.8 Å². The minimum absolute atomic E-state index is 0.264. The largest absolute Gasteiger partial charge is 0.330 e. The van der Waals surface area contributed by atoms with Crippen molar-refractivity contribution in [2.24, 2.45) is 11.7 Å². The fourth-order valence-corrected chi connectivity index (χ4v) is 1.92. The van der Waals surface area contributed by atoms with E-state index in [2.05, 4.69) is 11.9 Å². The summed E-state index contributed by atoms with van der Waals surface area (Å²) in [6, 6.07) is 0. The lowest BCUT2D eigenvalue weighted by Gasteiger charge is -2.06. The number of hydrogen-bond donors (Lipinski definition) is 1. The van der Waals surface area contributed by atoms with E-state index < -0.39 is 0 Å². The SMILES string of the molecule is Cc1nc(CC(=O)CCC(C)CN)cs1. The van der Waals surface area contributed by atoms with E-state index in [1.54, 1.807) is 11.3 Å². The van der Waals surface area contributed by atoms with E-state index in [1.807, 2.05) is 12.3 Å². The minimum atomic E-state index is 0.264. The van der Waals surface area contributed by atoms with Crippen molar-refractivity contribution in [3.05, 3.63) is 16.1 Å². The fraction of sp³-hybridized carbons (Fsp3) is 0.636. The van der Waals surface area contributed by atoms with Crippen molar-refractivity contribution in [3.8, 4) is 0 Å². The van der Waals surface area contributed by atoms with Gasteiger partial charge in [0.2, 0.25) is 0 Å². The van der Waals surface area contributed by atoms with Gasteiger partial charge < -0.3 is 5.73 Å². The zero-order chi connectivity index (χ0) is 11.3. The van der Waals surface area contributed by atoms with Crippen LogP contribution < -0.4 is 5.73 Å². The molecular formula is C11H18N2OS. The number of carbonyl (C=O) groups excluding carboxylic acids is 1. The molecule has 0 spiro atoms. The fourth-order valence-electron chi connectivity index (χ4n) is 1.31. The number of thiazole rings is 1. The average Bonchev–Trinajstić information content (AvgIpc) is 2.60. The maximum atomic E-state index is 11.6. The van der Waals surface area contributed by atoms with Gasteiger partial charge >= 0.3 is 0 Å². The molecule has 1 aromatic heterocycles. The Balaban J connectivity index is 2.30. The van der Waals surface area contributed by atoms with Gasteiger partial charge in [-0.2, -0.15) is 0 Å². The molecule has 1 rings (SSSR count). The zero-order valence-electron chi connectivity index (χ0n) is 9.32. The van der Waals surface area contributed by atoms with E-state index in [4.69, 9.17) is 5.73 Å². The second-order valence-corrected chi connectivity index (χ2v) is 5.02. The number of aromatic nitrogens is 1. The summed E-state index contributed by atoms with van der Waals surface area (Å²) in [7, 11) is 0. The molecular weight excluding hydrogens is 208 g/mol. The van der Waals surface area contributed by atoms with Crippen LogP contribution in [0.25, 0.3) is 0 Å². The number of nitrogens with zero attached hydrogens (tertiary/aromatic N) is 1. The molecule has 0 aliphatic carbocycles. The molecule has 4 heteroatoms. The summed E-state index contributed by atoms with van der Waals surface area (Å²) in [6.07, 6.45) is 1.98. The third-order valence-corrected chi connectivity index (χ3v) is 3.19. The Morgan fingerprint density at radius 3 is 2.93 bits per heavy atom. The van der Waals surface area contributed by atoms with E-state index in [-0.39, 0.29) is 5.78 Å². The van der Waals surface area contributed by atoms with Crippen molar-refractivity contribution in [2.45, 2.75) is 33.1 Å². The van der Waals surface area contributed by atoms with E-state index in [9.17, 15) is 4.79 Å². The van der Waals surface area contributed by atoms with Crippen LogP contribution in [-0.4, -0.2) is 17.3 Å². The molecule has 15 heavy (non-hydrogen) atoms. The molecule has 0 amide bonds. The standard InChI is InChI=1S/C11H18N2OS/c1-8(6-12)3-4-11(14)5-10-7-15-9(2)13-10/h7-8H,3-6,12H2,1-2H3. The van der Waals surface area contributed by atoms with Crippen molar-refractivity contribution in [2.75, 3.05) is 6.54 Å². The van der Waals surface area contributed by atoms with Gasteiger partial charge in [-0.3, -0.25) is 4.79 Å². The topological polar surface area (TPSA) is 56.0 Å². The summed E-state index contributed by atoms with van der Waals surface area (Å²) in [6.45, 7) is 4.68. The van der Waals surface area contributed by atoms with Gasteiger partial charge in [-0.05, 0) is 25.8 Å². The summed E-state index contributed by atoms with van der Waals surface area (Å²) in [5.74, 6) is 0.701. The van der Waals surface area contributed by atoms with Crippen LogP contribution in [0.15, 0.2) is 5.38 Å². The Morgan fingerprint density at radius 1 is 1.67 bits per heavy atom. The first-order valence-corrected chi connectivity index (χ1v) is 6.12. The van der Waals surface area contributed by atoms with Crippen LogP contribution in [0.2, 0.25) is 0 Å². The highest BCUT2D eigenvalue weighted by Gasteiger charge is 2.08. The predicted molar refractivity (Wildman–Crippen MR) is 63.0 cm³/mol. The smallest absolute Gasteiger partial charge is 0.138 e. The van der Waals surface area contributed by atoms with Crippen LogP contribution in [0.5, 0.6) is 0 Å².